The lowest BCUT2D eigenvalue weighted by Gasteiger charge is -2.35. The Labute approximate surface area is 205 Å². The number of amides is 1. The SMILES string of the molecule is Cc1ccc(C(=O)Nc2ccccc2CCN2CCN(c3nsc4ccccc34)CC2)cc1C. The van der Waals surface area contributed by atoms with Gasteiger partial charge in [0.1, 0.15) is 5.82 Å². The number of nitrogens with one attached hydrogen (secondary N) is 1. The Morgan fingerprint density at radius 3 is 2.53 bits per heavy atom. The number of benzene rings is 3. The van der Waals surface area contributed by atoms with Gasteiger partial charge in [-0.3, -0.25) is 9.69 Å². The summed E-state index contributed by atoms with van der Waals surface area (Å²) in [5.41, 5.74) is 5.10. The number of carbonyl (C=O) groups excluding carboxylic acids is 1. The molecule has 5 nitrogen and oxygen atoms in total. The molecule has 1 aliphatic heterocycles. The topological polar surface area (TPSA) is 48.5 Å². The molecule has 5 rings (SSSR count). The number of carbonyl (C=O) groups is 1. The summed E-state index contributed by atoms with van der Waals surface area (Å²) in [5, 5.41) is 4.39. The van der Waals surface area contributed by atoms with E-state index >= 15 is 0 Å². The largest absolute Gasteiger partial charge is 0.353 e. The van der Waals surface area contributed by atoms with Gasteiger partial charge in [0, 0.05) is 49.4 Å². The minimum atomic E-state index is -0.0559. The summed E-state index contributed by atoms with van der Waals surface area (Å²) in [5.74, 6) is 1.07. The number of aromatic nitrogens is 1. The molecule has 6 heteroatoms. The van der Waals surface area contributed by atoms with Crippen LogP contribution in [0.15, 0.2) is 66.7 Å². The van der Waals surface area contributed by atoms with Crippen molar-refractivity contribution >= 4 is 39.0 Å². The van der Waals surface area contributed by atoms with Crippen molar-refractivity contribution in [3.8, 4) is 0 Å². The maximum Gasteiger partial charge on any atom is 0.255 e. The van der Waals surface area contributed by atoms with Crippen LogP contribution < -0.4 is 10.2 Å². The van der Waals surface area contributed by atoms with E-state index in [1.165, 1.54) is 21.2 Å². The molecule has 1 aliphatic rings. The molecule has 1 fully saturated rings. The highest BCUT2D eigenvalue weighted by atomic mass is 32.1. The predicted octanol–water partition coefficient (Wildman–Crippen LogP) is 5.53. The van der Waals surface area contributed by atoms with Crippen molar-refractivity contribution < 1.29 is 4.79 Å². The van der Waals surface area contributed by atoms with E-state index in [9.17, 15) is 4.79 Å². The summed E-state index contributed by atoms with van der Waals surface area (Å²) in [6.45, 7) is 9.08. The average molecular weight is 471 g/mol. The maximum absolute atomic E-state index is 12.8. The van der Waals surface area contributed by atoms with Crippen LogP contribution in [-0.2, 0) is 6.42 Å². The van der Waals surface area contributed by atoms with E-state index in [1.54, 1.807) is 11.5 Å². The minimum absolute atomic E-state index is 0.0559. The minimum Gasteiger partial charge on any atom is -0.353 e. The van der Waals surface area contributed by atoms with Crippen molar-refractivity contribution in [2.45, 2.75) is 20.3 Å². The second-order valence-corrected chi connectivity index (χ2v) is 9.80. The van der Waals surface area contributed by atoms with Gasteiger partial charge in [-0.05, 0) is 78.8 Å². The van der Waals surface area contributed by atoms with Gasteiger partial charge in [-0.2, -0.15) is 4.37 Å². The Balaban J connectivity index is 1.18. The zero-order valence-corrected chi connectivity index (χ0v) is 20.6. The predicted molar refractivity (Wildman–Crippen MR) is 142 cm³/mol. The van der Waals surface area contributed by atoms with Crippen molar-refractivity contribution in [3.05, 3.63) is 89.0 Å². The van der Waals surface area contributed by atoms with Crippen molar-refractivity contribution in [2.75, 3.05) is 42.9 Å². The highest BCUT2D eigenvalue weighted by Crippen LogP contribution is 2.30. The molecule has 4 aromatic rings. The number of piperazine rings is 1. The van der Waals surface area contributed by atoms with E-state index < -0.39 is 0 Å². The van der Waals surface area contributed by atoms with Crippen molar-refractivity contribution in [1.29, 1.82) is 0 Å². The van der Waals surface area contributed by atoms with Crippen LogP contribution in [-0.4, -0.2) is 47.9 Å². The van der Waals surface area contributed by atoms with Gasteiger partial charge in [-0.15, -0.1) is 0 Å². The molecular formula is C28H30N4OS. The normalized spacial score (nSPS) is 14.5. The number of para-hydroxylation sites is 1. The summed E-state index contributed by atoms with van der Waals surface area (Å²) in [6.07, 6.45) is 0.906. The molecule has 3 aromatic carbocycles. The Bertz CT molecular complexity index is 1310. The first-order chi connectivity index (χ1) is 16.6. The molecule has 0 bridgehead atoms. The van der Waals surface area contributed by atoms with Crippen LogP contribution in [0.2, 0.25) is 0 Å². The number of aryl methyl sites for hydroxylation is 2. The van der Waals surface area contributed by atoms with Crippen molar-refractivity contribution in [2.24, 2.45) is 0 Å². The molecule has 1 aromatic heterocycles. The third kappa shape index (κ3) is 4.83. The zero-order valence-electron chi connectivity index (χ0n) is 19.8. The molecule has 0 saturated carbocycles. The molecule has 0 atom stereocenters. The molecular weight excluding hydrogens is 440 g/mol. The van der Waals surface area contributed by atoms with Crippen LogP contribution in [0.25, 0.3) is 10.1 Å². The van der Waals surface area contributed by atoms with E-state index in [0.717, 1.165) is 56.2 Å². The van der Waals surface area contributed by atoms with E-state index in [2.05, 4.69) is 52.4 Å². The summed E-state index contributed by atoms with van der Waals surface area (Å²) in [7, 11) is 0. The first-order valence-electron chi connectivity index (χ1n) is 11.9. The summed E-state index contributed by atoms with van der Waals surface area (Å²) in [6, 6.07) is 22.5. The van der Waals surface area contributed by atoms with E-state index in [1.807, 2.05) is 43.3 Å². The fourth-order valence-corrected chi connectivity index (χ4v) is 5.30. The Morgan fingerprint density at radius 2 is 1.71 bits per heavy atom. The second kappa shape index (κ2) is 9.95. The van der Waals surface area contributed by atoms with Crippen molar-refractivity contribution in [1.82, 2.24) is 9.27 Å². The van der Waals surface area contributed by atoms with E-state index in [4.69, 9.17) is 4.37 Å². The van der Waals surface area contributed by atoms with Crippen LogP contribution >= 0.6 is 11.5 Å². The fraction of sp³-hybridized carbons (Fsp3) is 0.286. The number of hydrogen-bond acceptors (Lipinski definition) is 5. The van der Waals surface area contributed by atoms with E-state index in [0.29, 0.717) is 5.56 Å². The Hall–Kier alpha value is -3.22. The smallest absolute Gasteiger partial charge is 0.255 e. The maximum atomic E-state index is 12.8. The van der Waals surface area contributed by atoms with Crippen LogP contribution in [0.5, 0.6) is 0 Å². The lowest BCUT2D eigenvalue weighted by molar-refractivity contribution is 0.102. The number of nitrogens with zero attached hydrogens (tertiary/aromatic N) is 3. The highest BCUT2D eigenvalue weighted by Gasteiger charge is 2.21. The van der Waals surface area contributed by atoms with Gasteiger partial charge in [-0.25, -0.2) is 0 Å². The molecule has 2 heterocycles. The van der Waals surface area contributed by atoms with Crippen LogP contribution in [0.3, 0.4) is 0 Å². The standard InChI is InChI=1S/C28H30N4OS/c1-20-11-12-23(19-21(20)2)28(33)29-25-9-5-3-7-22(25)13-14-31-15-17-32(18-16-31)27-24-8-4-6-10-26(24)34-30-27/h3-12,19H,13-18H2,1-2H3,(H,29,33). The Morgan fingerprint density at radius 1 is 0.941 bits per heavy atom. The first-order valence-corrected chi connectivity index (χ1v) is 12.6. The van der Waals surface area contributed by atoms with Crippen LogP contribution in [0, 0.1) is 13.8 Å². The lowest BCUT2D eigenvalue weighted by atomic mass is 10.0. The third-order valence-electron chi connectivity index (χ3n) is 6.76. The monoisotopic (exact) mass is 470 g/mol. The number of fused-ring (bicyclic) bond motifs is 1. The number of anilines is 2. The van der Waals surface area contributed by atoms with Gasteiger partial charge in [0.15, 0.2) is 0 Å². The van der Waals surface area contributed by atoms with Gasteiger partial charge >= 0.3 is 0 Å². The Kier molecular flexibility index (Phi) is 6.61. The van der Waals surface area contributed by atoms with Crippen LogP contribution in [0.4, 0.5) is 11.5 Å². The number of hydrogen-bond donors (Lipinski definition) is 1. The second-order valence-electron chi connectivity index (χ2n) is 8.99. The number of rotatable bonds is 6. The van der Waals surface area contributed by atoms with Gasteiger partial charge < -0.3 is 10.2 Å². The summed E-state index contributed by atoms with van der Waals surface area (Å²) >= 11 is 1.58. The molecule has 0 unspecified atom stereocenters. The molecule has 1 N–H and O–H groups in total. The quantitative estimate of drug-likeness (QED) is 0.403. The van der Waals surface area contributed by atoms with Gasteiger partial charge in [-0.1, -0.05) is 36.4 Å². The molecule has 1 saturated heterocycles. The van der Waals surface area contributed by atoms with Gasteiger partial charge in [0.2, 0.25) is 0 Å². The molecule has 1 amide bonds. The summed E-state index contributed by atoms with van der Waals surface area (Å²) in [4.78, 5) is 17.8. The summed E-state index contributed by atoms with van der Waals surface area (Å²) < 4.78 is 5.97. The molecule has 0 aliphatic carbocycles. The van der Waals surface area contributed by atoms with Crippen molar-refractivity contribution in [3.63, 3.8) is 0 Å². The molecule has 0 spiro atoms. The first kappa shape index (κ1) is 22.6. The van der Waals surface area contributed by atoms with Gasteiger partial charge in [0.25, 0.3) is 5.91 Å². The molecule has 0 radical (unpaired) electrons. The lowest BCUT2D eigenvalue weighted by Crippen LogP contribution is -2.47. The van der Waals surface area contributed by atoms with Gasteiger partial charge in [0.05, 0.1) is 4.70 Å². The average Bonchev–Trinajstić information content (AvgIpc) is 3.30. The highest BCUT2D eigenvalue weighted by molar-refractivity contribution is 7.13. The third-order valence-corrected chi connectivity index (χ3v) is 7.58. The fourth-order valence-electron chi connectivity index (χ4n) is 4.50. The van der Waals surface area contributed by atoms with E-state index in [-0.39, 0.29) is 5.91 Å². The molecule has 174 valence electrons. The molecule has 34 heavy (non-hydrogen) atoms. The van der Waals surface area contributed by atoms with Crippen LogP contribution in [0.1, 0.15) is 27.0 Å². The zero-order chi connectivity index (χ0) is 23.5.